The number of aliphatic carboxylic acids is 1. The predicted octanol–water partition coefficient (Wildman–Crippen LogP) is 6.30. The molecule has 0 aliphatic heterocycles. The highest BCUT2D eigenvalue weighted by atomic mass is 79.9. The van der Waals surface area contributed by atoms with Gasteiger partial charge >= 0.3 is 5.97 Å². The van der Waals surface area contributed by atoms with Crippen molar-refractivity contribution in [3.63, 3.8) is 0 Å². The van der Waals surface area contributed by atoms with Gasteiger partial charge in [0.2, 0.25) is 5.89 Å². The van der Waals surface area contributed by atoms with Crippen LogP contribution in [0.3, 0.4) is 0 Å². The number of halogens is 4. The molecule has 8 nitrogen and oxygen atoms in total. The molecule has 3 aromatic heterocycles. The van der Waals surface area contributed by atoms with Gasteiger partial charge in [0.05, 0.1) is 6.42 Å². The van der Waals surface area contributed by atoms with Crippen molar-refractivity contribution < 1.29 is 28.2 Å². The molecular weight excluding hydrogens is 630 g/mol. The molecule has 0 radical (unpaired) electrons. The zero-order valence-electron chi connectivity index (χ0n) is 19.5. The Morgan fingerprint density at radius 3 is 1.92 bits per heavy atom. The Labute approximate surface area is 232 Å². The Morgan fingerprint density at radius 2 is 1.37 bits per heavy atom. The van der Waals surface area contributed by atoms with Gasteiger partial charge in [0.1, 0.15) is 20.8 Å². The van der Waals surface area contributed by atoms with Gasteiger partial charge < -0.3 is 20.4 Å². The number of oxazole rings is 1. The summed E-state index contributed by atoms with van der Waals surface area (Å²) in [4.78, 5) is 22.4. The molecule has 0 saturated carbocycles. The minimum Gasteiger partial charge on any atom is -0.504 e. The third-order valence-electron chi connectivity index (χ3n) is 4.67. The molecule has 0 bridgehead atoms. The Hall–Kier alpha value is -3.90. The summed E-state index contributed by atoms with van der Waals surface area (Å²) in [6.07, 6.45) is 0.467. The van der Waals surface area contributed by atoms with Crippen molar-refractivity contribution in [2.24, 2.45) is 0 Å². The van der Waals surface area contributed by atoms with Gasteiger partial charge in [-0.25, -0.2) is 18.7 Å². The van der Waals surface area contributed by atoms with E-state index in [1.54, 1.807) is 24.3 Å². The lowest BCUT2D eigenvalue weighted by molar-refractivity contribution is -0.136. The highest BCUT2D eigenvalue weighted by Gasteiger charge is 2.08. The molecule has 2 aromatic carbocycles. The number of nitrogen functional groups attached to an aromatic ring is 1. The summed E-state index contributed by atoms with van der Waals surface area (Å²) in [5.74, 6) is -0.776. The molecule has 196 valence electrons. The maximum atomic E-state index is 12.8. The lowest BCUT2D eigenvalue weighted by Crippen LogP contribution is -1.99. The fourth-order valence-corrected chi connectivity index (χ4v) is 3.54. The number of carboxylic acids is 1. The maximum Gasteiger partial charge on any atom is 0.307 e. The maximum absolute atomic E-state index is 12.8. The monoisotopic (exact) mass is 648 g/mol. The number of anilines is 1. The van der Waals surface area contributed by atoms with E-state index in [0.29, 0.717) is 33.7 Å². The molecule has 0 atom stereocenters. The van der Waals surface area contributed by atoms with Gasteiger partial charge in [-0.2, -0.15) is 4.98 Å². The number of carbonyl (C=O) groups is 1. The molecule has 3 heterocycles. The van der Waals surface area contributed by atoms with E-state index in [1.165, 1.54) is 42.5 Å². The summed E-state index contributed by atoms with van der Waals surface area (Å²) in [7, 11) is 0. The predicted molar refractivity (Wildman–Crippen MR) is 144 cm³/mol. The molecule has 0 aliphatic carbocycles. The summed E-state index contributed by atoms with van der Waals surface area (Å²) in [5, 5.41) is 17.2. The Kier molecular flexibility index (Phi) is 10.3. The van der Waals surface area contributed by atoms with Crippen LogP contribution < -0.4 is 5.73 Å². The van der Waals surface area contributed by atoms with Gasteiger partial charge in [0.15, 0.2) is 22.8 Å². The minimum atomic E-state index is -0.906. The average molecular weight is 650 g/mol. The second-order valence-electron chi connectivity index (χ2n) is 7.60. The first-order chi connectivity index (χ1) is 18.1. The fourth-order valence-electron chi connectivity index (χ4n) is 2.91. The molecular formula is C26H20Br2F2N4O4. The van der Waals surface area contributed by atoms with Gasteiger partial charge in [0.25, 0.3) is 0 Å². The van der Waals surface area contributed by atoms with Crippen molar-refractivity contribution >= 4 is 54.9 Å². The third-order valence-corrected chi connectivity index (χ3v) is 5.55. The molecule has 0 fully saturated rings. The normalized spacial score (nSPS) is 10.2. The Balaban J connectivity index is 0.000000172. The van der Waals surface area contributed by atoms with Crippen LogP contribution in [0.2, 0.25) is 0 Å². The lowest BCUT2D eigenvalue weighted by atomic mass is 10.1. The van der Waals surface area contributed by atoms with E-state index < -0.39 is 5.97 Å². The standard InChI is InChI=1S/C13H8BrFN2O.C8H7FO2.C5H5BrN2O/c14-11-6-5-10-13(16-11)17-12(18-10)7-8-1-3-9(15)4-2-8;9-7-3-1-6(2-4-7)5-8(10)11;6-4-2-1-3(9)5(7)8-4/h1-6H,7H2;1-4H,5H2,(H,10,11);1-2,9H,(H2,7,8). The van der Waals surface area contributed by atoms with Crippen LogP contribution in [0.4, 0.5) is 14.6 Å². The Bertz CT molecular complexity index is 1510. The van der Waals surface area contributed by atoms with E-state index in [0.717, 1.165) is 10.2 Å². The SMILES string of the molecule is Fc1ccc(Cc2nc3nc(Br)ccc3o2)cc1.Nc1nc(Br)ccc1O.O=C(O)Cc1ccc(F)cc1. The van der Waals surface area contributed by atoms with Crippen LogP contribution in [-0.2, 0) is 17.6 Å². The number of nitrogens with zero attached hydrogens (tertiary/aromatic N) is 3. The summed E-state index contributed by atoms with van der Waals surface area (Å²) in [6, 6.07) is 18.4. The van der Waals surface area contributed by atoms with Crippen molar-refractivity contribution in [1.29, 1.82) is 0 Å². The van der Waals surface area contributed by atoms with E-state index in [-0.39, 0.29) is 29.6 Å². The topological polar surface area (TPSA) is 135 Å². The smallest absolute Gasteiger partial charge is 0.307 e. The molecule has 0 saturated heterocycles. The van der Waals surface area contributed by atoms with Crippen molar-refractivity contribution in [3.8, 4) is 5.75 Å². The van der Waals surface area contributed by atoms with Crippen LogP contribution in [-0.4, -0.2) is 31.1 Å². The summed E-state index contributed by atoms with van der Waals surface area (Å²) >= 11 is 6.38. The van der Waals surface area contributed by atoms with E-state index in [4.69, 9.17) is 20.4 Å². The fraction of sp³-hybridized carbons (Fsp3) is 0.0769. The largest absolute Gasteiger partial charge is 0.504 e. The number of pyridine rings is 2. The number of fused-ring (bicyclic) bond motifs is 1. The quantitative estimate of drug-likeness (QED) is 0.193. The molecule has 5 aromatic rings. The number of benzene rings is 2. The molecule has 0 spiro atoms. The highest BCUT2D eigenvalue weighted by molar-refractivity contribution is 9.10. The second kappa shape index (κ2) is 13.6. The van der Waals surface area contributed by atoms with Gasteiger partial charge in [-0.3, -0.25) is 4.79 Å². The molecule has 12 heteroatoms. The zero-order chi connectivity index (χ0) is 27.7. The van der Waals surface area contributed by atoms with Crippen molar-refractivity contribution in [2.75, 3.05) is 5.73 Å². The minimum absolute atomic E-state index is 0.0122. The van der Waals surface area contributed by atoms with E-state index >= 15 is 0 Å². The molecule has 0 amide bonds. The zero-order valence-corrected chi connectivity index (χ0v) is 22.7. The van der Waals surface area contributed by atoms with Crippen LogP contribution in [0.25, 0.3) is 11.2 Å². The lowest BCUT2D eigenvalue weighted by Gasteiger charge is -1.96. The second-order valence-corrected chi connectivity index (χ2v) is 9.23. The molecule has 38 heavy (non-hydrogen) atoms. The van der Waals surface area contributed by atoms with Gasteiger partial charge in [0, 0.05) is 6.42 Å². The van der Waals surface area contributed by atoms with Crippen LogP contribution in [0.1, 0.15) is 17.0 Å². The molecule has 0 aliphatic rings. The summed E-state index contributed by atoms with van der Waals surface area (Å²) in [6.45, 7) is 0. The number of aromatic nitrogens is 3. The molecule has 0 unspecified atom stereocenters. The first-order valence-electron chi connectivity index (χ1n) is 10.8. The first kappa shape index (κ1) is 28.7. The van der Waals surface area contributed by atoms with E-state index in [2.05, 4.69) is 46.8 Å². The van der Waals surface area contributed by atoms with Crippen molar-refractivity contribution in [1.82, 2.24) is 15.0 Å². The van der Waals surface area contributed by atoms with Gasteiger partial charge in [-0.05, 0) is 91.5 Å². The van der Waals surface area contributed by atoms with Gasteiger partial charge in [-0.15, -0.1) is 0 Å². The van der Waals surface area contributed by atoms with Crippen LogP contribution in [0.15, 0.2) is 86.4 Å². The third kappa shape index (κ3) is 9.20. The van der Waals surface area contributed by atoms with Gasteiger partial charge in [-0.1, -0.05) is 24.3 Å². The first-order valence-corrected chi connectivity index (χ1v) is 12.4. The molecule has 4 N–H and O–H groups in total. The average Bonchev–Trinajstić information content (AvgIpc) is 3.26. The molecule has 5 rings (SSSR count). The van der Waals surface area contributed by atoms with Crippen molar-refractivity contribution in [3.05, 3.63) is 111 Å². The van der Waals surface area contributed by atoms with Crippen LogP contribution in [0, 0.1) is 11.6 Å². The number of aromatic hydroxyl groups is 1. The van der Waals surface area contributed by atoms with E-state index in [9.17, 15) is 13.6 Å². The number of rotatable bonds is 4. The van der Waals surface area contributed by atoms with Crippen LogP contribution in [0.5, 0.6) is 5.75 Å². The van der Waals surface area contributed by atoms with Crippen LogP contribution >= 0.6 is 31.9 Å². The Morgan fingerprint density at radius 1 is 0.816 bits per heavy atom. The summed E-state index contributed by atoms with van der Waals surface area (Å²) in [5.41, 5.74) is 8.01. The number of carboxylic acid groups (broad SMARTS) is 1. The number of hydrogen-bond acceptors (Lipinski definition) is 7. The van der Waals surface area contributed by atoms with Crippen molar-refractivity contribution in [2.45, 2.75) is 12.8 Å². The number of hydrogen-bond donors (Lipinski definition) is 3. The van der Waals surface area contributed by atoms with E-state index in [1.807, 2.05) is 6.07 Å². The highest BCUT2D eigenvalue weighted by Crippen LogP contribution is 2.19. The summed E-state index contributed by atoms with van der Waals surface area (Å²) < 4.78 is 32.0. The number of nitrogens with two attached hydrogens (primary N) is 1.